The maximum Gasteiger partial charge on any atom is 0.263 e. The zero-order chi connectivity index (χ0) is 19.0. The van der Waals surface area contributed by atoms with E-state index in [0.29, 0.717) is 12.0 Å². The van der Waals surface area contributed by atoms with Gasteiger partial charge in [-0.3, -0.25) is 4.72 Å². The molecule has 2 aromatic carbocycles. The summed E-state index contributed by atoms with van der Waals surface area (Å²) in [5.41, 5.74) is 2.87. The van der Waals surface area contributed by atoms with Crippen molar-refractivity contribution in [3.8, 4) is 0 Å². The van der Waals surface area contributed by atoms with Crippen molar-refractivity contribution >= 4 is 26.5 Å². The summed E-state index contributed by atoms with van der Waals surface area (Å²) in [6.45, 7) is 0. The Kier molecular flexibility index (Phi) is 4.69. The van der Waals surface area contributed by atoms with Gasteiger partial charge in [0, 0.05) is 17.5 Å². The third kappa shape index (κ3) is 3.86. The molecule has 0 unspecified atom stereocenters. The Bertz CT molecular complexity index is 1110. The summed E-state index contributed by atoms with van der Waals surface area (Å²) >= 11 is 1.17. The number of halogens is 2. The highest BCUT2D eigenvalue weighted by Gasteiger charge is 2.20. The van der Waals surface area contributed by atoms with Gasteiger partial charge in [0.15, 0.2) is 16.8 Å². The normalized spacial score (nSPS) is 13.6. The van der Waals surface area contributed by atoms with E-state index in [0.717, 1.165) is 41.8 Å². The molecule has 0 radical (unpaired) electrons. The van der Waals surface area contributed by atoms with Gasteiger partial charge in [0.2, 0.25) is 0 Å². The summed E-state index contributed by atoms with van der Waals surface area (Å²) in [5.74, 6) is -1.81. The summed E-state index contributed by atoms with van der Waals surface area (Å²) in [6, 6.07) is 8.90. The standard InChI is InChI=1S/C19H16F2N2O2S2/c20-17-7-4-12(9-18(17)21)8-15-11-22-19(26-15)23-27(24,25)16-6-5-13-2-1-3-14(13)10-16/h4-7,9-11H,1-3,8H2,(H,22,23). The average Bonchev–Trinajstić information content (AvgIpc) is 3.26. The molecule has 0 atom stereocenters. The summed E-state index contributed by atoms with van der Waals surface area (Å²) in [6.07, 6.45) is 4.81. The molecule has 1 aliphatic rings. The lowest BCUT2D eigenvalue weighted by Crippen LogP contribution is -2.13. The van der Waals surface area contributed by atoms with E-state index in [1.54, 1.807) is 12.1 Å². The lowest BCUT2D eigenvalue weighted by atomic mass is 10.1. The van der Waals surface area contributed by atoms with Crippen molar-refractivity contribution < 1.29 is 17.2 Å². The first-order chi connectivity index (χ1) is 12.9. The Labute approximate surface area is 160 Å². The van der Waals surface area contributed by atoms with Crippen molar-refractivity contribution in [3.05, 3.63) is 75.8 Å². The molecule has 0 saturated carbocycles. The number of aryl methyl sites for hydroxylation is 2. The molecule has 1 heterocycles. The molecule has 0 fully saturated rings. The fourth-order valence-corrected chi connectivity index (χ4v) is 5.32. The molecule has 8 heteroatoms. The number of fused-ring (bicyclic) bond motifs is 1. The lowest BCUT2D eigenvalue weighted by Gasteiger charge is -2.07. The highest BCUT2D eigenvalue weighted by Crippen LogP contribution is 2.27. The third-order valence-corrected chi connectivity index (χ3v) is 6.90. The van der Waals surface area contributed by atoms with Crippen LogP contribution in [0.1, 0.15) is 28.0 Å². The van der Waals surface area contributed by atoms with Gasteiger partial charge in [-0.2, -0.15) is 0 Å². The molecule has 0 aliphatic heterocycles. The van der Waals surface area contributed by atoms with Crippen LogP contribution in [-0.4, -0.2) is 13.4 Å². The van der Waals surface area contributed by atoms with E-state index in [2.05, 4.69) is 9.71 Å². The Morgan fingerprint density at radius 2 is 1.85 bits per heavy atom. The van der Waals surface area contributed by atoms with Gasteiger partial charge in [0.25, 0.3) is 10.0 Å². The van der Waals surface area contributed by atoms with Gasteiger partial charge in [0.1, 0.15) is 0 Å². The molecule has 0 bridgehead atoms. The van der Waals surface area contributed by atoms with Crippen LogP contribution in [0.15, 0.2) is 47.5 Å². The van der Waals surface area contributed by atoms with E-state index < -0.39 is 21.7 Å². The second-order valence-electron chi connectivity index (χ2n) is 6.45. The van der Waals surface area contributed by atoms with E-state index in [1.165, 1.54) is 29.2 Å². The quantitative estimate of drug-likeness (QED) is 0.687. The van der Waals surface area contributed by atoms with Crippen molar-refractivity contribution in [1.29, 1.82) is 0 Å². The number of anilines is 1. The van der Waals surface area contributed by atoms with Crippen LogP contribution in [0, 0.1) is 11.6 Å². The van der Waals surface area contributed by atoms with Gasteiger partial charge in [-0.1, -0.05) is 12.1 Å². The molecule has 27 heavy (non-hydrogen) atoms. The van der Waals surface area contributed by atoms with Crippen LogP contribution < -0.4 is 4.72 Å². The number of aromatic nitrogens is 1. The molecule has 1 aliphatic carbocycles. The topological polar surface area (TPSA) is 59.1 Å². The molecular weight excluding hydrogens is 390 g/mol. The van der Waals surface area contributed by atoms with Crippen molar-refractivity contribution in [2.45, 2.75) is 30.6 Å². The highest BCUT2D eigenvalue weighted by molar-refractivity contribution is 7.93. The molecule has 0 spiro atoms. The smallest absolute Gasteiger partial charge is 0.255 e. The fourth-order valence-electron chi connectivity index (χ4n) is 3.18. The highest BCUT2D eigenvalue weighted by atomic mass is 32.2. The second-order valence-corrected chi connectivity index (χ2v) is 9.24. The van der Waals surface area contributed by atoms with Crippen LogP contribution in [0.4, 0.5) is 13.9 Å². The minimum absolute atomic E-state index is 0.223. The van der Waals surface area contributed by atoms with Crippen molar-refractivity contribution in [2.75, 3.05) is 4.72 Å². The van der Waals surface area contributed by atoms with E-state index >= 15 is 0 Å². The SMILES string of the molecule is O=S(=O)(Nc1ncc(Cc2ccc(F)c(F)c2)s1)c1ccc2c(c1)CCC2. The number of thiazole rings is 1. The van der Waals surface area contributed by atoms with Gasteiger partial charge in [0.05, 0.1) is 4.90 Å². The largest absolute Gasteiger partial charge is 0.263 e. The minimum atomic E-state index is -3.72. The maximum absolute atomic E-state index is 13.3. The van der Waals surface area contributed by atoms with Gasteiger partial charge in [-0.05, 0) is 60.2 Å². The van der Waals surface area contributed by atoms with E-state index in [9.17, 15) is 17.2 Å². The molecule has 4 rings (SSSR count). The molecule has 3 aromatic rings. The first-order valence-corrected chi connectivity index (χ1v) is 10.7. The zero-order valence-corrected chi connectivity index (χ0v) is 15.8. The summed E-state index contributed by atoms with van der Waals surface area (Å²) < 4.78 is 54.1. The number of hydrogen-bond acceptors (Lipinski definition) is 4. The summed E-state index contributed by atoms with van der Waals surface area (Å²) in [5, 5.41) is 0.244. The van der Waals surface area contributed by atoms with Crippen molar-refractivity contribution in [1.82, 2.24) is 4.98 Å². The van der Waals surface area contributed by atoms with Crippen LogP contribution in [-0.2, 0) is 29.3 Å². The van der Waals surface area contributed by atoms with Gasteiger partial charge in [-0.25, -0.2) is 22.2 Å². The molecule has 140 valence electrons. The van der Waals surface area contributed by atoms with E-state index in [1.807, 2.05) is 6.07 Å². The van der Waals surface area contributed by atoms with Crippen LogP contribution in [0.2, 0.25) is 0 Å². The summed E-state index contributed by atoms with van der Waals surface area (Å²) in [7, 11) is -3.72. The van der Waals surface area contributed by atoms with Crippen LogP contribution in [0.5, 0.6) is 0 Å². The predicted molar refractivity (Wildman–Crippen MR) is 101 cm³/mol. The number of nitrogens with zero attached hydrogens (tertiary/aromatic N) is 1. The molecule has 0 saturated heterocycles. The Balaban J connectivity index is 1.50. The van der Waals surface area contributed by atoms with E-state index in [-0.39, 0.29) is 10.0 Å². The third-order valence-electron chi connectivity index (χ3n) is 4.52. The zero-order valence-electron chi connectivity index (χ0n) is 14.2. The van der Waals surface area contributed by atoms with Crippen LogP contribution >= 0.6 is 11.3 Å². The molecule has 0 amide bonds. The Morgan fingerprint density at radius 1 is 1.04 bits per heavy atom. The predicted octanol–water partition coefficient (Wildman–Crippen LogP) is 4.30. The Hall–Kier alpha value is -2.32. The number of rotatable bonds is 5. The second kappa shape index (κ2) is 7.01. The van der Waals surface area contributed by atoms with Gasteiger partial charge in [-0.15, -0.1) is 11.3 Å². The van der Waals surface area contributed by atoms with Crippen LogP contribution in [0.3, 0.4) is 0 Å². The molecular formula is C19H16F2N2O2S2. The van der Waals surface area contributed by atoms with Gasteiger partial charge < -0.3 is 0 Å². The van der Waals surface area contributed by atoms with Crippen molar-refractivity contribution in [3.63, 3.8) is 0 Å². The number of nitrogens with one attached hydrogen (secondary N) is 1. The molecule has 4 nitrogen and oxygen atoms in total. The molecule has 1 aromatic heterocycles. The summed E-state index contributed by atoms with van der Waals surface area (Å²) in [4.78, 5) is 5.06. The Morgan fingerprint density at radius 3 is 2.67 bits per heavy atom. The van der Waals surface area contributed by atoms with Crippen molar-refractivity contribution in [2.24, 2.45) is 0 Å². The minimum Gasteiger partial charge on any atom is -0.255 e. The first kappa shape index (κ1) is 18.1. The molecule has 1 N–H and O–H groups in total. The maximum atomic E-state index is 13.3. The lowest BCUT2D eigenvalue weighted by molar-refractivity contribution is 0.507. The number of sulfonamides is 1. The van der Waals surface area contributed by atoms with E-state index in [4.69, 9.17) is 0 Å². The number of benzene rings is 2. The van der Waals surface area contributed by atoms with Crippen LogP contribution in [0.25, 0.3) is 0 Å². The monoisotopic (exact) mass is 406 g/mol. The fraction of sp³-hybridized carbons (Fsp3) is 0.211. The average molecular weight is 406 g/mol. The number of hydrogen-bond donors (Lipinski definition) is 1. The van der Waals surface area contributed by atoms with Gasteiger partial charge >= 0.3 is 0 Å². The first-order valence-electron chi connectivity index (χ1n) is 8.44.